The van der Waals surface area contributed by atoms with Crippen LogP contribution in [0, 0.1) is 0 Å². The Morgan fingerprint density at radius 3 is 2.68 bits per heavy atom. The topological polar surface area (TPSA) is 82.8 Å². The summed E-state index contributed by atoms with van der Waals surface area (Å²) in [5.74, 6) is 0.482. The van der Waals surface area contributed by atoms with Crippen LogP contribution < -0.4 is 19.6 Å². The number of carbonyl (C=O) groups is 1. The number of halogens is 3. The van der Waals surface area contributed by atoms with Gasteiger partial charge in [-0.05, 0) is 57.9 Å². The van der Waals surface area contributed by atoms with E-state index in [1.807, 2.05) is 0 Å². The van der Waals surface area contributed by atoms with Gasteiger partial charge in [0, 0.05) is 17.5 Å². The van der Waals surface area contributed by atoms with Gasteiger partial charge in [-0.2, -0.15) is 9.50 Å². The summed E-state index contributed by atoms with van der Waals surface area (Å²) in [5, 5.41) is 5.19. The van der Waals surface area contributed by atoms with Crippen LogP contribution in [-0.2, 0) is 4.79 Å². The molecule has 2 aromatic carbocycles. The lowest BCUT2D eigenvalue weighted by Gasteiger charge is -2.10. The van der Waals surface area contributed by atoms with E-state index in [2.05, 4.69) is 26.0 Å². The molecular formula is C20H12BrCl2N3O4S. The van der Waals surface area contributed by atoms with Crippen LogP contribution in [0.1, 0.15) is 12.5 Å². The number of esters is 1. The van der Waals surface area contributed by atoms with E-state index in [0.29, 0.717) is 46.7 Å². The predicted octanol–water partition coefficient (Wildman–Crippen LogP) is 4.37. The Balaban J connectivity index is 1.78. The van der Waals surface area contributed by atoms with Crippen molar-refractivity contribution < 1.29 is 14.3 Å². The highest BCUT2D eigenvalue weighted by atomic mass is 79.9. The lowest BCUT2D eigenvalue weighted by Crippen LogP contribution is -2.23. The molecule has 0 aliphatic rings. The molecule has 2 aromatic heterocycles. The highest BCUT2D eigenvalue weighted by Crippen LogP contribution is 2.37. The SMILES string of the molecule is COc1cc(C=c2sc3nc(-c4ccc(Cl)cc4Cl)nn3c2=O)cc(Br)c1OC(C)=O. The molecule has 0 atom stereocenters. The number of carbonyl (C=O) groups excluding carboxylic acids is 1. The van der Waals surface area contributed by atoms with Crippen molar-refractivity contribution in [1.82, 2.24) is 14.6 Å². The van der Waals surface area contributed by atoms with Gasteiger partial charge in [-0.25, -0.2) is 0 Å². The number of ether oxygens (including phenoxy) is 2. The second kappa shape index (κ2) is 8.58. The molecule has 0 N–H and O–H groups in total. The first kappa shape index (κ1) is 21.8. The Labute approximate surface area is 198 Å². The van der Waals surface area contributed by atoms with Crippen molar-refractivity contribution in [3.63, 3.8) is 0 Å². The van der Waals surface area contributed by atoms with Crippen molar-refractivity contribution in [3.8, 4) is 22.9 Å². The Bertz CT molecular complexity index is 1450. The van der Waals surface area contributed by atoms with Gasteiger partial charge in [0.15, 0.2) is 17.3 Å². The molecule has 0 fully saturated rings. The van der Waals surface area contributed by atoms with Gasteiger partial charge in [0.1, 0.15) is 0 Å². The molecule has 7 nitrogen and oxygen atoms in total. The zero-order valence-corrected chi connectivity index (χ0v) is 19.9. The van der Waals surface area contributed by atoms with Crippen molar-refractivity contribution >= 4 is 67.5 Å². The molecule has 2 heterocycles. The summed E-state index contributed by atoms with van der Waals surface area (Å²) in [4.78, 5) is 29.0. The average molecular weight is 541 g/mol. The molecule has 0 bridgehead atoms. The number of fused-ring (bicyclic) bond motifs is 1. The number of thiazole rings is 1. The molecule has 0 saturated heterocycles. The predicted molar refractivity (Wildman–Crippen MR) is 123 cm³/mol. The first-order chi connectivity index (χ1) is 14.8. The number of nitrogens with zero attached hydrogens (tertiary/aromatic N) is 3. The first-order valence-electron chi connectivity index (χ1n) is 8.69. The van der Waals surface area contributed by atoms with E-state index in [-0.39, 0.29) is 11.3 Å². The maximum absolute atomic E-state index is 12.8. The Hall–Kier alpha value is -2.46. The molecular weight excluding hydrogens is 529 g/mol. The summed E-state index contributed by atoms with van der Waals surface area (Å²) < 4.78 is 12.7. The molecule has 4 rings (SSSR count). The van der Waals surface area contributed by atoms with Crippen LogP contribution in [0.4, 0.5) is 0 Å². The van der Waals surface area contributed by atoms with E-state index in [4.69, 9.17) is 32.7 Å². The van der Waals surface area contributed by atoms with E-state index in [0.717, 1.165) is 0 Å². The lowest BCUT2D eigenvalue weighted by molar-refractivity contribution is -0.132. The van der Waals surface area contributed by atoms with Crippen molar-refractivity contribution in [2.75, 3.05) is 7.11 Å². The molecule has 0 spiro atoms. The molecule has 0 amide bonds. The molecule has 0 unspecified atom stereocenters. The van der Waals surface area contributed by atoms with Crippen LogP contribution in [0.5, 0.6) is 11.5 Å². The van der Waals surface area contributed by atoms with Gasteiger partial charge in [0.2, 0.25) is 4.96 Å². The summed E-state index contributed by atoms with van der Waals surface area (Å²) in [6.07, 6.45) is 1.68. The lowest BCUT2D eigenvalue weighted by atomic mass is 10.2. The van der Waals surface area contributed by atoms with Gasteiger partial charge in [-0.15, -0.1) is 5.10 Å². The second-order valence-corrected chi connectivity index (χ2v) is 9.00. The monoisotopic (exact) mass is 539 g/mol. The molecule has 0 saturated carbocycles. The summed E-state index contributed by atoms with van der Waals surface area (Å²) in [5.41, 5.74) is 0.937. The number of benzene rings is 2. The highest BCUT2D eigenvalue weighted by molar-refractivity contribution is 9.10. The summed E-state index contributed by atoms with van der Waals surface area (Å²) in [7, 11) is 1.46. The van der Waals surface area contributed by atoms with Gasteiger partial charge in [-0.3, -0.25) is 9.59 Å². The fourth-order valence-corrected chi connectivity index (χ4v) is 4.78. The molecule has 0 aliphatic carbocycles. The molecule has 31 heavy (non-hydrogen) atoms. The molecule has 158 valence electrons. The van der Waals surface area contributed by atoms with Crippen molar-refractivity contribution in [2.45, 2.75) is 6.92 Å². The standard InChI is InChI=1S/C20H12BrCl2N3O4S/c1-9(27)30-17-13(21)5-10(6-15(17)29-2)7-16-19(28)26-20(31-16)24-18(25-26)12-4-3-11(22)8-14(12)23/h3-8H,1-2H3. The average Bonchev–Trinajstić information content (AvgIpc) is 3.23. The van der Waals surface area contributed by atoms with E-state index in [1.54, 1.807) is 36.4 Å². The second-order valence-electron chi connectivity index (χ2n) is 6.30. The molecule has 11 heteroatoms. The van der Waals surface area contributed by atoms with Crippen LogP contribution in [-0.4, -0.2) is 27.7 Å². The zero-order valence-electron chi connectivity index (χ0n) is 16.0. The quantitative estimate of drug-likeness (QED) is 0.282. The minimum absolute atomic E-state index is 0.265. The maximum Gasteiger partial charge on any atom is 0.308 e. The number of rotatable bonds is 4. The number of hydrogen-bond acceptors (Lipinski definition) is 7. The molecule has 4 aromatic rings. The third-order valence-electron chi connectivity index (χ3n) is 4.15. The van der Waals surface area contributed by atoms with Crippen molar-refractivity contribution in [3.05, 3.63) is 65.3 Å². The fourth-order valence-electron chi connectivity index (χ4n) is 2.84. The van der Waals surface area contributed by atoms with Crippen LogP contribution in [0.3, 0.4) is 0 Å². The summed E-state index contributed by atoms with van der Waals surface area (Å²) >= 11 is 16.7. The van der Waals surface area contributed by atoms with Crippen molar-refractivity contribution in [2.24, 2.45) is 0 Å². The van der Waals surface area contributed by atoms with Crippen LogP contribution in [0.25, 0.3) is 22.4 Å². The molecule has 0 radical (unpaired) electrons. The Kier molecular flexibility index (Phi) is 6.02. The van der Waals surface area contributed by atoms with Gasteiger partial charge < -0.3 is 9.47 Å². The van der Waals surface area contributed by atoms with Gasteiger partial charge >= 0.3 is 5.97 Å². The largest absolute Gasteiger partial charge is 0.493 e. The maximum atomic E-state index is 12.8. The van der Waals surface area contributed by atoms with E-state index in [9.17, 15) is 9.59 Å². The zero-order chi connectivity index (χ0) is 22.3. The van der Waals surface area contributed by atoms with Gasteiger partial charge in [0.05, 0.1) is 21.1 Å². The van der Waals surface area contributed by atoms with E-state index < -0.39 is 5.97 Å². The third kappa shape index (κ3) is 4.31. The normalized spacial score (nSPS) is 11.8. The summed E-state index contributed by atoms with van der Waals surface area (Å²) in [6.45, 7) is 1.30. The van der Waals surface area contributed by atoms with Crippen LogP contribution in [0.2, 0.25) is 10.0 Å². The minimum Gasteiger partial charge on any atom is -0.493 e. The third-order valence-corrected chi connectivity index (χ3v) is 6.25. The molecule has 0 aliphatic heterocycles. The Morgan fingerprint density at radius 1 is 1.26 bits per heavy atom. The number of methoxy groups -OCH3 is 1. The van der Waals surface area contributed by atoms with Crippen LogP contribution in [0.15, 0.2) is 39.6 Å². The highest BCUT2D eigenvalue weighted by Gasteiger charge is 2.16. The van der Waals surface area contributed by atoms with Crippen molar-refractivity contribution in [1.29, 1.82) is 0 Å². The van der Waals surface area contributed by atoms with Gasteiger partial charge in [0.25, 0.3) is 5.56 Å². The number of hydrogen-bond donors (Lipinski definition) is 0. The fraction of sp³-hybridized carbons (Fsp3) is 0.100. The first-order valence-corrected chi connectivity index (χ1v) is 11.1. The van der Waals surface area contributed by atoms with E-state index >= 15 is 0 Å². The van der Waals surface area contributed by atoms with E-state index in [1.165, 1.54) is 29.9 Å². The summed E-state index contributed by atoms with van der Waals surface area (Å²) in [6, 6.07) is 8.36. The smallest absolute Gasteiger partial charge is 0.308 e. The number of aromatic nitrogens is 3. The van der Waals surface area contributed by atoms with Gasteiger partial charge in [-0.1, -0.05) is 34.5 Å². The minimum atomic E-state index is -0.472. The van der Waals surface area contributed by atoms with Crippen LogP contribution >= 0.6 is 50.5 Å². The Morgan fingerprint density at radius 2 is 2.03 bits per heavy atom.